The molecule has 0 saturated carbocycles. The first-order valence-electron chi connectivity index (χ1n) is 5.40. The van der Waals surface area contributed by atoms with Crippen molar-refractivity contribution in [2.24, 2.45) is 7.05 Å². The summed E-state index contributed by atoms with van der Waals surface area (Å²) in [4.78, 5) is 0. The maximum atomic E-state index is 9.06. The summed E-state index contributed by atoms with van der Waals surface area (Å²) in [6.45, 7) is 3.78. The van der Waals surface area contributed by atoms with E-state index in [9.17, 15) is 0 Å². The van der Waals surface area contributed by atoms with E-state index in [0.717, 1.165) is 11.4 Å². The van der Waals surface area contributed by atoms with Crippen LogP contribution in [-0.4, -0.2) is 9.78 Å². The van der Waals surface area contributed by atoms with E-state index in [-0.39, 0.29) is 0 Å². The molecule has 0 radical (unpaired) electrons. The van der Waals surface area contributed by atoms with Crippen LogP contribution >= 0.6 is 11.6 Å². The lowest BCUT2D eigenvalue weighted by Crippen LogP contribution is -1.93. The molecule has 0 bridgehead atoms. The summed E-state index contributed by atoms with van der Waals surface area (Å²) < 4.78 is 7.52. The lowest BCUT2D eigenvalue weighted by Gasteiger charge is -2.07. The Balaban J connectivity index is 2.44. The lowest BCUT2D eigenvalue weighted by molar-refractivity contribution is 0.472. The highest BCUT2D eigenvalue weighted by molar-refractivity contribution is 6.30. The molecule has 1 heterocycles. The predicted molar refractivity (Wildman–Crippen MR) is 68.9 cm³/mol. The van der Waals surface area contributed by atoms with Crippen molar-refractivity contribution >= 4 is 11.6 Å². The molecule has 0 aliphatic carbocycles. The van der Waals surface area contributed by atoms with Crippen LogP contribution in [0.25, 0.3) is 0 Å². The maximum Gasteiger partial charge on any atom is 0.171 e. The molecule has 0 aliphatic heterocycles. The van der Waals surface area contributed by atoms with Gasteiger partial charge in [0.1, 0.15) is 17.5 Å². The van der Waals surface area contributed by atoms with Crippen LogP contribution in [0.1, 0.15) is 17.0 Å². The first kappa shape index (κ1) is 12.5. The van der Waals surface area contributed by atoms with E-state index in [4.69, 9.17) is 21.6 Å². The average molecular weight is 262 g/mol. The Hall–Kier alpha value is -1.99. The van der Waals surface area contributed by atoms with E-state index in [0.29, 0.717) is 22.1 Å². The highest BCUT2D eigenvalue weighted by Crippen LogP contribution is 2.31. The predicted octanol–water partition coefficient (Wildman–Crippen LogP) is 3.35. The zero-order chi connectivity index (χ0) is 13.3. The number of aryl methyl sites for hydroxylation is 2. The second kappa shape index (κ2) is 4.71. The van der Waals surface area contributed by atoms with Crippen LogP contribution in [0.15, 0.2) is 18.2 Å². The molecular formula is C13H12ClN3O. The van der Waals surface area contributed by atoms with Gasteiger partial charge in [0.2, 0.25) is 0 Å². The van der Waals surface area contributed by atoms with Crippen LogP contribution in [0.4, 0.5) is 0 Å². The van der Waals surface area contributed by atoms with Gasteiger partial charge in [-0.2, -0.15) is 10.4 Å². The number of nitrogens with zero attached hydrogens (tertiary/aromatic N) is 3. The van der Waals surface area contributed by atoms with Gasteiger partial charge >= 0.3 is 0 Å². The monoisotopic (exact) mass is 261 g/mol. The number of aromatic nitrogens is 2. The number of hydrogen-bond donors (Lipinski definition) is 0. The zero-order valence-corrected chi connectivity index (χ0v) is 11.1. The van der Waals surface area contributed by atoms with Crippen LogP contribution in [0.2, 0.25) is 5.02 Å². The smallest absolute Gasteiger partial charge is 0.171 e. The molecule has 1 aromatic heterocycles. The van der Waals surface area contributed by atoms with E-state index in [1.807, 2.05) is 20.9 Å². The third-order valence-corrected chi connectivity index (χ3v) is 2.95. The summed E-state index contributed by atoms with van der Waals surface area (Å²) in [5, 5.41) is 13.8. The molecule has 5 heteroatoms. The number of ether oxygens (including phenoxy) is 1. The quantitative estimate of drug-likeness (QED) is 0.833. The summed E-state index contributed by atoms with van der Waals surface area (Å²) >= 11 is 5.84. The van der Waals surface area contributed by atoms with Gasteiger partial charge in [-0.05, 0) is 32.0 Å². The minimum atomic E-state index is 0.408. The minimum Gasteiger partial charge on any atom is -0.452 e. The first-order valence-corrected chi connectivity index (χ1v) is 5.78. The van der Waals surface area contributed by atoms with Crippen molar-refractivity contribution in [3.63, 3.8) is 0 Å². The lowest BCUT2D eigenvalue weighted by atomic mass is 10.2. The second-order valence-electron chi connectivity index (χ2n) is 3.98. The molecular weight excluding hydrogens is 250 g/mol. The molecule has 2 aromatic rings. The standard InChI is InChI=1S/C13H12ClN3O/c1-8-13(9(2)17(3)16-8)18-12-5-4-11(14)6-10(12)7-15/h4-6H,1-3H3. The Morgan fingerprint density at radius 3 is 2.67 bits per heavy atom. The Morgan fingerprint density at radius 1 is 1.39 bits per heavy atom. The van der Waals surface area contributed by atoms with Crippen LogP contribution in [0.5, 0.6) is 11.5 Å². The van der Waals surface area contributed by atoms with Crippen molar-refractivity contribution in [1.82, 2.24) is 9.78 Å². The maximum absolute atomic E-state index is 9.06. The van der Waals surface area contributed by atoms with Crippen molar-refractivity contribution in [1.29, 1.82) is 5.26 Å². The van der Waals surface area contributed by atoms with Crippen LogP contribution < -0.4 is 4.74 Å². The Labute approximate surface area is 110 Å². The summed E-state index contributed by atoms with van der Waals surface area (Å²) in [6.07, 6.45) is 0. The van der Waals surface area contributed by atoms with Crippen molar-refractivity contribution < 1.29 is 4.74 Å². The van der Waals surface area contributed by atoms with Crippen molar-refractivity contribution in [2.45, 2.75) is 13.8 Å². The molecule has 2 rings (SSSR count). The van der Waals surface area contributed by atoms with E-state index < -0.39 is 0 Å². The Bertz CT molecular complexity index is 640. The van der Waals surface area contributed by atoms with Crippen LogP contribution in [0, 0.1) is 25.2 Å². The molecule has 1 aromatic carbocycles. The fraction of sp³-hybridized carbons (Fsp3) is 0.231. The molecule has 18 heavy (non-hydrogen) atoms. The molecule has 4 nitrogen and oxygen atoms in total. The molecule has 0 spiro atoms. The normalized spacial score (nSPS) is 10.2. The third-order valence-electron chi connectivity index (χ3n) is 2.72. The number of benzene rings is 1. The van der Waals surface area contributed by atoms with Gasteiger partial charge in [0.05, 0.1) is 11.3 Å². The van der Waals surface area contributed by atoms with Gasteiger partial charge in [-0.15, -0.1) is 0 Å². The van der Waals surface area contributed by atoms with E-state index >= 15 is 0 Å². The fourth-order valence-electron chi connectivity index (χ4n) is 1.69. The van der Waals surface area contributed by atoms with Gasteiger partial charge in [-0.3, -0.25) is 4.68 Å². The number of nitriles is 1. The van der Waals surface area contributed by atoms with E-state index in [2.05, 4.69) is 11.2 Å². The fourth-order valence-corrected chi connectivity index (χ4v) is 1.86. The SMILES string of the molecule is Cc1nn(C)c(C)c1Oc1ccc(Cl)cc1C#N. The minimum absolute atomic E-state index is 0.408. The molecule has 0 saturated heterocycles. The molecule has 0 aliphatic rings. The van der Waals surface area contributed by atoms with Gasteiger partial charge in [-0.1, -0.05) is 11.6 Å². The highest BCUT2D eigenvalue weighted by atomic mass is 35.5. The summed E-state index contributed by atoms with van der Waals surface area (Å²) in [7, 11) is 1.85. The highest BCUT2D eigenvalue weighted by Gasteiger charge is 2.13. The van der Waals surface area contributed by atoms with Gasteiger partial charge in [0, 0.05) is 12.1 Å². The molecule has 92 valence electrons. The number of hydrogen-bond acceptors (Lipinski definition) is 3. The molecule has 0 fully saturated rings. The Kier molecular flexibility index (Phi) is 3.26. The van der Waals surface area contributed by atoms with Gasteiger partial charge in [-0.25, -0.2) is 0 Å². The van der Waals surface area contributed by atoms with Crippen molar-refractivity contribution in [3.8, 4) is 17.6 Å². The van der Waals surface area contributed by atoms with Gasteiger partial charge < -0.3 is 4.74 Å². The van der Waals surface area contributed by atoms with Crippen molar-refractivity contribution in [2.75, 3.05) is 0 Å². The molecule has 0 atom stereocenters. The van der Waals surface area contributed by atoms with Crippen LogP contribution in [-0.2, 0) is 7.05 Å². The van der Waals surface area contributed by atoms with E-state index in [1.54, 1.807) is 22.9 Å². The zero-order valence-electron chi connectivity index (χ0n) is 10.4. The molecule has 0 amide bonds. The van der Waals surface area contributed by atoms with Gasteiger partial charge in [0.25, 0.3) is 0 Å². The number of halogens is 1. The first-order chi connectivity index (χ1) is 8.52. The average Bonchev–Trinajstić information content (AvgIpc) is 2.58. The third kappa shape index (κ3) is 2.18. The van der Waals surface area contributed by atoms with E-state index in [1.165, 1.54) is 0 Å². The molecule has 0 N–H and O–H groups in total. The van der Waals surface area contributed by atoms with Crippen molar-refractivity contribution in [3.05, 3.63) is 40.2 Å². The number of rotatable bonds is 2. The van der Waals surface area contributed by atoms with Gasteiger partial charge in [0.15, 0.2) is 5.75 Å². The second-order valence-corrected chi connectivity index (χ2v) is 4.41. The Morgan fingerprint density at radius 2 is 2.11 bits per heavy atom. The summed E-state index contributed by atoms with van der Waals surface area (Å²) in [5.41, 5.74) is 2.10. The summed E-state index contributed by atoms with van der Waals surface area (Å²) in [6, 6.07) is 7.03. The molecule has 0 unspecified atom stereocenters. The topological polar surface area (TPSA) is 50.8 Å². The largest absolute Gasteiger partial charge is 0.452 e. The summed E-state index contributed by atoms with van der Waals surface area (Å²) in [5.74, 6) is 1.16. The van der Waals surface area contributed by atoms with Crippen LogP contribution in [0.3, 0.4) is 0 Å².